The van der Waals surface area contributed by atoms with E-state index in [1.54, 1.807) is 24.3 Å². The summed E-state index contributed by atoms with van der Waals surface area (Å²) in [6.45, 7) is -0.189. The number of amides is 2. The van der Waals surface area contributed by atoms with Gasteiger partial charge in [-0.1, -0.05) is 18.2 Å². The van der Waals surface area contributed by atoms with Crippen LogP contribution in [-0.4, -0.2) is 43.3 Å². The highest BCUT2D eigenvalue weighted by atomic mass is 16.5. The lowest BCUT2D eigenvalue weighted by atomic mass is 9.93. The largest absolute Gasteiger partial charge is 0.481 e. The zero-order chi connectivity index (χ0) is 15.4. The lowest BCUT2D eigenvalue weighted by Gasteiger charge is -2.32. The fraction of sp³-hybridized carbons (Fsp3) is 0.357. The molecule has 1 unspecified atom stereocenters. The van der Waals surface area contributed by atoms with Crippen molar-refractivity contribution in [1.29, 1.82) is 0 Å². The van der Waals surface area contributed by atoms with Gasteiger partial charge >= 0.3 is 18.0 Å². The van der Waals surface area contributed by atoms with E-state index in [0.717, 1.165) is 5.56 Å². The second kappa shape index (κ2) is 6.25. The van der Waals surface area contributed by atoms with Crippen LogP contribution in [0.3, 0.4) is 0 Å². The van der Waals surface area contributed by atoms with Gasteiger partial charge in [-0.2, -0.15) is 0 Å². The van der Waals surface area contributed by atoms with Crippen LogP contribution in [0.25, 0.3) is 0 Å². The first-order chi connectivity index (χ1) is 10.0. The summed E-state index contributed by atoms with van der Waals surface area (Å²) >= 11 is 0. The molecule has 0 saturated heterocycles. The quantitative estimate of drug-likeness (QED) is 0.797. The van der Waals surface area contributed by atoms with Gasteiger partial charge in [0, 0.05) is 12.2 Å². The number of benzene rings is 1. The summed E-state index contributed by atoms with van der Waals surface area (Å²) in [5.41, 5.74) is 1.46. The maximum Gasteiger partial charge on any atom is 0.325 e. The van der Waals surface area contributed by atoms with E-state index in [1.807, 2.05) is 0 Å². The Hall–Kier alpha value is -2.57. The molecule has 7 nitrogen and oxygen atoms in total. The molecular weight excluding hydrogens is 276 g/mol. The highest BCUT2D eigenvalue weighted by molar-refractivity contribution is 5.96. The van der Waals surface area contributed by atoms with Gasteiger partial charge in [-0.05, 0) is 18.1 Å². The van der Waals surface area contributed by atoms with Crippen molar-refractivity contribution in [3.63, 3.8) is 0 Å². The lowest BCUT2D eigenvalue weighted by Crippen LogP contribution is -2.48. The summed E-state index contributed by atoms with van der Waals surface area (Å²) in [5, 5.41) is 11.6. The van der Waals surface area contributed by atoms with Crippen molar-refractivity contribution in [1.82, 2.24) is 5.32 Å². The maximum absolute atomic E-state index is 12.2. The zero-order valence-electron chi connectivity index (χ0n) is 11.5. The second-order valence-electron chi connectivity index (χ2n) is 4.71. The fourth-order valence-corrected chi connectivity index (χ4v) is 2.27. The predicted molar refractivity (Wildman–Crippen MR) is 74.0 cm³/mol. The van der Waals surface area contributed by atoms with E-state index in [1.165, 1.54) is 12.0 Å². The molecule has 1 aromatic carbocycles. The van der Waals surface area contributed by atoms with E-state index in [9.17, 15) is 19.5 Å². The summed E-state index contributed by atoms with van der Waals surface area (Å²) in [6, 6.07) is 6.61. The topological polar surface area (TPSA) is 95.9 Å². The Morgan fingerprint density at radius 2 is 2.10 bits per heavy atom. The van der Waals surface area contributed by atoms with Crippen molar-refractivity contribution in [2.45, 2.75) is 6.42 Å². The van der Waals surface area contributed by atoms with Crippen molar-refractivity contribution < 1.29 is 24.2 Å². The maximum atomic E-state index is 12.2. The highest BCUT2D eigenvalue weighted by Gasteiger charge is 2.32. The summed E-state index contributed by atoms with van der Waals surface area (Å²) in [5.74, 6) is -2.18. The van der Waals surface area contributed by atoms with Gasteiger partial charge < -0.3 is 15.2 Å². The number of aliphatic carboxylic acids is 1. The number of para-hydroxylation sites is 1. The van der Waals surface area contributed by atoms with Gasteiger partial charge in [0.2, 0.25) is 0 Å². The second-order valence-corrected chi connectivity index (χ2v) is 4.71. The number of carboxylic acid groups (broad SMARTS) is 1. The molecule has 1 atom stereocenters. The molecule has 0 aromatic heterocycles. The minimum Gasteiger partial charge on any atom is -0.481 e. The smallest absolute Gasteiger partial charge is 0.325 e. The van der Waals surface area contributed by atoms with Gasteiger partial charge in [0.05, 0.1) is 13.0 Å². The summed E-state index contributed by atoms with van der Waals surface area (Å²) < 4.78 is 4.45. The third kappa shape index (κ3) is 3.31. The number of urea groups is 1. The minimum absolute atomic E-state index is 0.0688. The molecule has 0 fully saturated rings. The SMILES string of the molecule is COC(=O)CNC(=O)N1CC(C(=O)O)Cc2ccccc21. The lowest BCUT2D eigenvalue weighted by molar-refractivity contribution is -0.141. The molecule has 7 heteroatoms. The molecule has 0 radical (unpaired) electrons. The molecule has 0 saturated carbocycles. The van der Waals surface area contributed by atoms with Crippen molar-refractivity contribution in [3.8, 4) is 0 Å². The van der Waals surface area contributed by atoms with E-state index >= 15 is 0 Å². The number of fused-ring (bicyclic) bond motifs is 1. The molecule has 1 aromatic rings. The van der Waals surface area contributed by atoms with E-state index in [-0.39, 0.29) is 13.1 Å². The van der Waals surface area contributed by atoms with Crippen molar-refractivity contribution >= 4 is 23.7 Å². The van der Waals surface area contributed by atoms with Crippen LogP contribution in [0, 0.1) is 5.92 Å². The number of esters is 1. The number of ether oxygens (including phenoxy) is 1. The Labute approximate surface area is 121 Å². The van der Waals surface area contributed by atoms with E-state index < -0.39 is 23.9 Å². The van der Waals surface area contributed by atoms with Gasteiger partial charge in [-0.15, -0.1) is 0 Å². The Bertz CT molecular complexity index is 572. The summed E-state index contributed by atoms with van der Waals surface area (Å²) in [4.78, 5) is 35.8. The molecule has 1 aliphatic rings. The summed E-state index contributed by atoms with van der Waals surface area (Å²) in [6.07, 6.45) is 0.381. The molecule has 0 bridgehead atoms. The number of methoxy groups -OCH3 is 1. The van der Waals surface area contributed by atoms with E-state index in [4.69, 9.17) is 0 Å². The Kier molecular flexibility index (Phi) is 4.42. The third-order valence-electron chi connectivity index (χ3n) is 3.36. The fourth-order valence-electron chi connectivity index (χ4n) is 2.27. The average Bonchev–Trinajstić information content (AvgIpc) is 2.50. The number of nitrogens with one attached hydrogen (secondary N) is 1. The molecule has 1 heterocycles. The number of anilines is 1. The molecular formula is C14H16N2O5. The van der Waals surface area contributed by atoms with Crippen LogP contribution in [0.15, 0.2) is 24.3 Å². The molecule has 2 amide bonds. The first-order valence-electron chi connectivity index (χ1n) is 6.45. The van der Waals surface area contributed by atoms with Gasteiger partial charge in [0.1, 0.15) is 6.54 Å². The third-order valence-corrected chi connectivity index (χ3v) is 3.36. The Morgan fingerprint density at radius 1 is 1.38 bits per heavy atom. The number of nitrogens with zero attached hydrogens (tertiary/aromatic N) is 1. The van der Waals surface area contributed by atoms with Crippen LogP contribution in [0.2, 0.25) is 0 Å². The number of carbonyl (C=O) groups is 3. The number of carbonyl (C=O) groups excluding carboxylic acids is 2. The Balaban J connectivity index is 2.19. The number of rotatable bonds is 3. The predicted octanol–water partition coefficient (Wildman–Crippen LogP) is 0.633. The van der Waals surface area contributed by atoms with Crippen LogP contribution in [0.1, 0.15) is 5.56 Å². The monoisotopic (exact) mass is 292 g/mol. The molecule has 0 aliphatic carbocycles. The normalized spacial score (nSPS) is 16.8. The van der Waals surface area contributed by atoms with E-state index in [0.29, 0.717) is 12.1 Å². The highest BCUT2D eigenvalue weighted by Crippen LogP contribution is 2.29. The van der Waals surface area contributed by atoms with Crippen molar-refractivity contribution in [2.75, 3.05) is 25.1 Å². The van der Waals surface area contributed by atoms with Gasteiger partial charge in [-0.25, -0.2) is 4.79 Å². The minimum atomic E-state index is -0.949. The van der Waals surface area contributed by atoms with E-state index in [2.05, 4.69) is 10.1 Å². The molecule has 21 heavy (non-hydrogen) atoms. The van der Waals surface area contributed by atoms with Crippen LogP contribution < -0.4 is 10.2 Å². The Morgan fingerprint density at radius 3 is 2.76 bits per heavy atom. The van der Waals surface area contributed by atoms with Gasteiger partial charge in [0.15, 0.2) is 0 Å². The van der Waals surface area contributed by atoms with Crippen LogP contribution >= 0.6 is 0 Å². The first kappa shape index (κ1) is 14.8. The van der Waals surface area contributed by atoms with Crippen LogP contribution in [0.5, 0.6) is 0 Å². The molecule has 0 spiro atoms. The molecule has 2 N–H and O–H groups in total. The summed E-state index contributed by atoms with van der Waals surface area (Å²) in [7, 11) is 1.23. The number of hydrogen-bond donors (Lipinski definition) is 2. The zero-order valence-corrected chi connectivity index (χ0v) is 11.5. The van der Waals surface area contributed by atoms with Crippen molar-refractivity contribution in [2.24, 2.45) is 5.92 Å². The van der Waals surface area contributed by atoms with Gasteiger partial charge in [-0.3, -0.25) is 14.5 Å². The first-order valence-corrected chi connectivity index (χ1v) is 6.45. The van der Waals surface area contributed by atoms with Crippen LogP contribution in [0.4, 0.5) is 10.5 Å². The molecule has 112 valence electrons. The number of hydrogen-bond acceptors (Lipinski definition) is 4. The van der Waals surface area contributed by atoms with Crippen LogP contribution in [-0.2, 0) is 20.7 Å². The molecule has 1 aliphatic heterocycles. The number of carboxylic acids is 1. The van der Waals surface area contributed by atoms with Crippen molar-refractivity contribution in [3.05, 3.63) is 29.8 Å². The average molecular weight is 292 g/mol. The standard InChI is InChI=1S/C14H16N2O5/c1-21-12(17)7-15-14(20)16-8-10(13(18)19)6-9-4-2-3-5-11(9)16/h2-5,10H,6-8H2,1H3,(H,15,20)(H,18,19). The molecule has 2 rings (SSSR count). The van der Waals surface area contributed by atoms with Gasteiger partial charge in [0.25, 0.3) is 0 Å².